The van der Waals surface area contributed by atoms with Crippen molar-refractivity contribution in [2.45, 2.75) is 32.2 Å². The van der Waals surface area contributed by atoms with Gasteiger partial charge in [-0.3, -0.25) is 0 Å². The first kappa shape index (κ1) is 11.2. The first-order chi connectivity index (χ1) is 7.79. The van der Waals surface area contributed by atoms with Gasteiger partial charge in [0.25, 0.3) is 0 Å². The Morgan fingerprint density at radius 2 is 2.06 bits per heavy atom. The molecule has 1 aromatic rings. The maximum atomic E-state index is 8.71. The maximum Gasteiger partial charge on any atom is 0.0991 e. The van der Waals surface area contributed by atoms with E-state index in [1.54, 1.807) is 0 Å². The Morgan fingerprint density at radius 1 is 1.38 bits per heavy atom. The molecule has 0 saturated heterocycles. The number of benzene rings is 1. The highest BCUT2D eigenvalue weighted by Crippen LogP contribution is 2.31. The van der Waals surface area contributed by atoms with Gasteiger partial charge in [0, 0.05) is 6.04 Å². The molecule has 1 aliphatic rings. The molecule has 1 N–H and O–H groups in total. The molecule has 16 heavy (non-hydrogen) atoms. The second kappa shape index (κ2) is 5.14. The van der Waals surface area contributed by atoms with Crippen molar-refractivity contribution in [2.24, 2.45) is 5.92 Å². The smallest absolute Gasteiger partial charge is 0.0991 e. The lowest BCUT2D eigenvalue weighted by atomic mass is 10.1. The van der Waals surface area contributed by atoms with Crippen molar-refractivity contribution in [3.8, 4) is 6.07 Å². The van der Waals surface area contributed by atoms with Crippen LogP contribution in [0.4, 0.5) is 0 Å². The minimum absolute atomic E-state index is 0.381. The van der Waals surface area contributed by atoms with E-state index in [-0.39, 0.29) is 0 Å². The Morgan fingerprint density at radius 3 is 2.62 bits per heavy atom. The van der Waals surface area contributed by atoms with E-state index in [0.29, 0.717) is 6.04 Å². The van der Waals surface area contributed by atoms with Crippen molar-refractivity contribution in [3.63, 3.8) is 0 Å². The Kier molecular flexibility index (Phi) is 3.58. The molecule has 84 valence electrons. The predicted molar refractivity (Wildman–Crippen MR) is 64.9 cm³/mol. The van der Waals surface area contributed by atoms with E-state index in [4.69, 9.17) is 5.26 Å². The van der Waals surface area contributed by atoms with E-state index in [9.17, 15) is 0 Å². The summed E-state index contributed by atoms with van der Waals surface area (Å²) in [7, 11) is 0. The van der Waals surface area contributed by atoms with Crippen LogP contribution in [0.3, 0.4) is 0 Å². The number of nitrogens with zero attached hydrogens (tertiary/aromatic N) is 1. The van der Waals surface area contributed by atoms with Crippen LogP contribution >= 0.6 is 0 Å². The number of nitriles is 1. The van der Waals surface area contributed by atoms with Crippen molar-refractivity contribution in [3.05, 3.63) is 35.4 Å². The number of hydrogen-bond acceptors (Lipinski definition) is 2. The van der Waals surface area contributed by atoms with Gasteiger partial charge in [-0.15, -0.1) is 0 Å². The van der Waals surface area contributed by atoms with Crippen LogP contribution in [-0.2, 0) is 0 Å². The van der Waals surface area contributed by atoms with E-state index < -0.39 is 0 Å². The molecule has 0 amide bonds. The number of hydrogen-bond donors (Lipinski definition) is 1. The van der Waals surface area contributed by atoms with Crippen LogP contribution in [0.1, 0.15) is 43.4 Å². The standard InChI is InChI=1S/C14H18N2/c1-11(16-9-8-12-2-3-12)14-6-4-13(10-15)5-7-14/h4-7,11-12,16H,2-3,8-9H2,1H3. The van der Waals surface area contributed by atoms with Crippen molar-refractivity contribution >= 4 is 0 Å². The van der Waals surface area contributed by atoms with Gasteiger partial charge >= 0.3 is 0 Å². The van der Waals surface area contributed by atoms with E-state index in [1.165, 1.54) is 24.8 Å². The summed E-state index contributed by atoms with van der Waals surface area (Å²) in [6.07, 6.45) is 4.15. The largest absolute Gasteiger partial charge is 0.310 e. The molecule has 1 saturated carbocycles. The third-order valence-electron chi connectivity index (χ3n) is 3.24. The highest BCUT2D eigenvalue weighted by atomic mass is 14.9. The minimum Gasteiger partial charge on any atom is -0.310 e. The van der Waals surface area contributed by atoms with Gasteiger partial charge in [-0.25, -0.2) is 0 Å². The summed E-state index contributed by atoms with van der Waals surface area (Å²) in [4.78, 5) is 0. The van der Waals surface area contributed by atoms with Gasteiger partial charge in [-0.1, -0.05) is 25.0 Å². The van der Waals surface area contributed by atoms with Crippen LogP contribution in [-0.4, -0.2) is 6.54 Å². The van der Waals surface area contributed by atoms with Gasteiger partial charge in [0.05, 0.1) is 11.6 Å². The second-order valence-corrected chi connectivity index (χ2v) is 4.64. The molecule has 1 fully saturated rings. The van der Waals surface area contributed by atoms with E-state index in [2.05, 4.69) is 18.3 Å². The Balaban J connectivity index is 1.82. The van der Waals surface area contributed by atoms with Gasteiger partial charge in [0.15, 0.2) is 0 Å². The molecule has 1 unspecified atom stereocenters. The summed E-state index contributed by atoms with van der Waals surface area (Å²) in [5.41, 5.74) is 1.99. The Labute approximate surface area is 97.3 Å². The lowest BCUT2D eigenvalue weighted by molar-refractivity contribution is 0.539. The zero-order valence-corrected chi connectivity index (χ0v) is 9.74. The van der Waals surface area contributed by atoms with Crippen LogP contribution in [0.15, 0.2) is 24.3 Å². The SMILES string of the molecule is CC(NCCC1CC1)c1ccc(C#N)cc1. The molecule has 0 heterocycles. The maximum absolute atomic E-state index is 8.71. The van der Waals surface area contributed by atoms with Gasteiger partial charge in [0.2, 0.25) is 0 Å². The Hall–Kier alpha value is -1.33. The van der Waals surface area contributed by atoms with E-state index in [0.717, 1.165) is 18.0 Å². The van der Waals surface area contributed by atoms with Crippen LogP contribution in [0.2, 0.25) is 0 Å². The van der Waals surface area contributed by atoms with Crippen molar-refractivity contribution in [1.82, 2.24) is 5.32 Å². The fraction of sp³-hybridized carbons (Fsp3) is 0.500. The van der Waals surface area contributed by atoms with Gasteiger partial charge in [0.1, 0.15) is 0 Å². The van der Waals surface area contributed by atoms with Crippen molar-refractivity contribution < 1.29 is 0 Å². The normalized spacial score (nSPS) is 16.8. The average molecular weight is 214 g/mol. The third kappa shape index (κ3) is 3.08. The quantitative estimate of drug-likeness (QED) is 0.817. The lowest BCUT2D eigenvalue weighted by Gasteiger charge is -2.13. The summed E-state index contributed by atoms with van der Waals surface area (Å²) in [6.45, 7) is 3.28. The van der Waals surface area contributed by atoms with Gasteiger partial charge in [-0.05, 0) is 43.5 Å². The Bertz CT molecular complexity index is 371. The molecular weight excluding hydrogens is 196 g/mol. The zero-order chi connectivity index (χ0) is 11.4. The molecule has 2 rings (SSSR count). The van der Waals surface area contributed by atoms with Crippen molar-refractivity contribution in [2.75, 3.05) is 6.54 Å². The number of nitrogens with one attached hydrogen (secondary N) is 1. The first-order valence-electron chi connectivity index (χ1n) is 6.03. The minimum atomic E-state index is 0.381. The molecule has 0 radical (unpaired) electrons. The molecule has 2 heteroatoms. The van der Waals surface area contributed by atoms with E-state index in [1.807, 2.05) is 24.3 Å². The highest BCUT2D eigenvalue weighted by Gasteiger charge is 2.20. The van der Waals surface area contributed by atoms with Crippen LogP contribution in [0.25, 0.3) is 0 Å². The monoisotopic (exact) mass is 214 g/mol. The topological polar surface area (TPSA) is 35.8 Å². The van der Waals surface area contributed by atoms with Gasteiger partial charge < -0.3 is 5.32 Å². The average Bonchev–Trinajstić information content (AvgIpc) is 3.13. The molecule has 1 aliphatic carbocycles. The highest BCUT2D eigenvalue weighted by molar-refractivity contribution is 5.32. The van der Waals surface area contributed by atoms with Crippen LogP contribution in [0.5, 0.6) is 0 Å². The molecule has 0 spiro atoms. The second-order valence-electron chi connectivity index (χ2n) is 4.64. The van der Waals surface area contributed by atoms with Crippen molar-refractivity contribution in [1.29, 1.82) is 5.26 Å². The summed E-state index contributed by atoms with van der Waals surface area (Å²) in [6, 6.07) is 10.4. The summed E-state index contributed by atoms with van der Waals surface area (Å²) < 4.78 is 0. The fourth-order valence-electron chi connectivity index (χ4n) is 1.87. The third-order valence-corrected chi connectivity index (χ3v) is 3.24. The van der Waals surface area contributed by atoms with Crippen LogP contribution in [0, 0.1) is 17.2 Å². The molecule has 1 aromatic carbocycles. The summed E-state index contributed by atoms with van der Waals surface area (Å²) in [5.74, 6) is 0.987. The zero-order valence-electron chi connectivity index (χ0n) is 9.74. The molecule has 2 nitrogen and oxygen atoms in total. The number of rotatable bonds is 5. The molecule has 0 aliphatic heterocycles. The molecule has 0 aromatic heterocycles. The summed E-state index contributed by atoms with van der Waals surface area (Å²) >= 11 is 0. The first-order valence-corrected chi connectivity index (χ1v) is 6.03. The van der Waals surface area contributed by atoms with Crippen LogP contribution < -0.4 is 5.32 Å². The van der Waals surface area contributed by atoms with E-state index >= 15 is 0 Å². The fourth-order valence-corrected chi connectivity index (χ4v) is 1.87. The predicted octanol–water partition coefficient (Wildman–Crippen LogP) is 3.01. The summed E-state index contributed by atoms with van der Waals surface area (Å²) in [5, 5.41) is 12.2. The molecular formula is C14H18N2. The molecule has 0 bridgehead atoms. The molecule has 1 atom stereocenters. The lowest BCUT2D eigenvalue weighted by Crippen LogP contribution is -2.20. The van der Waals surface area contributed by atoms with Gasteiger partial charge in [-0.2, -0.15) is 5.26 Å².